The van der Waals surface area contributed by atoms with Crippen LogP contribution in [-0.4, -0.2) is 44.7 Å². The zero-order valence-electron chi connectivity index (χ0n) is 17.5. The highest BCUT2D eigenvalue weighted by Crippen LogP contribution is 2.24. The molecule has 0 atom stereocenters. The van der Waals surface area contributed by atoms with Gasteiger partial charge in [0.05, 0.1) is 29.1 Å². The van der Waals surface area contributed by atoms with E-state index in [1.54, 1.807) is 30.3 Å². The van der Waals surface area contributed by atoms with Crippen molar-refractivity contribution >= 4 is 40.9 Å². The monoisotopic (exact) mass is 487 g/mol. The smallest absolute Gasteiger partial charge is 0.335 e. The van der Waals surface area contributed by atoms with E-state index in [0.717, 1.165) is 0 Å². The van der Waals surface area contributed by atoms with E-state index in [1.807, 2.05) is 0 Å². The summed E-state index contributed by atoms with van der Waals surface area (Å²) in [6.45, 7) is 0.200. The molecule has 1 heterocycles. The van der Waals surface area contributed by atoms with E-state index in [9.17, 15) is 19.5 Å². The first-order chi connectivity index (χ1) is 15.8. The lowest BCUT2D eigenvalue weighted by atomic mass is 10.1. The van der Waals surface area contributed by atoms with Crippen molar-refractivity contribution in [3.63, 3.8) is 0 Å². The number of benzene rings is 2. The van der Waals surface area contributed by atoms with Crippen molar-refractivity contribution in [2.75, 3.05) is 7.11 Å². The van der Waals surface area contributed by atoms with Gasteiger partial charge in [-0.2, -0.15) is 4.98 Å². The molecule has 3 aromatic rings. The fraction of sp³-hybridized carbons (Fsp3) is 0.174. The molecule has 33 heavy (non-hydrogen) atoms. The van der Waals surface area contributed by atoms with E-state index in [1.165, 1.54) is 36.4 Å². The number of nitrogens with zero attached hydrogens (tertiary/aromatic N) is 3. The van der Waals surface area contributed by atoms with Gasteiger partial charge in [0.2, 0.25) is 17.6 Å². The van der Waals surface area contributed by atoms with E-state index in [2.05, 4.69) is 9.97 Å². The Morgan fingerprint density at radius 1 is 1.00 bits per heavy atom. The highest BCUT2D eigenvalue weighted by Gasteiger charge is 2.22. The van der Waals surface area contributed by atoms with Crippen molar-refractivity contribution in [3.05, 3.63) is 87.3 Å². The minimum atomic E-state index is -1.08. The van der Waals surface area contributed by atoms with Crippen LogP contribution in [0.15, 0.2) is 54.7 Å². The number of rotatable bonds is 9. The summed E-state index contributed by atoms with van der Waals surface area (Å²) in [6, 6.07) is 12.7. The third-order valence-electron chi connectivity index (χ3n) is 4.66. The van der Waals surface area contributed by atoms with Crippen molar-refractivity contribution in [2.45, 2.75) is 19.5 Å². The van der Waals surface area contributed by atoms with Crippen LogP contribution in [0, 0.1) is 0 Å². The number of ketones is 1. The molecule has 0 aliphatic carbocycles. The molecule has 1 N–H and O–H groups in total. The van der Waals surface area contributed by atoms with Crippen LogP contribution in [0.1, 0.15) is 38.5 Å². The molecule has 2 aromatic carbocycles. The van der Waals surface area contributed by atoms with Crippen molar-refractivity contribution in [1.82, 2.24) is 14.9 Å². The lowest BCUT2D eigenvalue weighted by Gasteiger charge is -2.23. The number of hydrogen-bond donors (Lipinski definition) is 1. The van der Waals surface area contributed by atoms with Gasteiger partial charge in [-0.1, -0.05) is 41.4 Å². The summed E-state index contributed by atoms with van der Waals surface area (Å²) in [5.41, 5.74) is 1.38. The van der Waals surface area contributed by atoms with Crippen LogP contribution in [0.25, 0.3) is 0 Å². The van der Waals surface area contributed by atoms with Crippen molar-refractivity contribution < 1.29 is 24.2 Å². The minimum absolute atomic E-state index is 0.0758. The molecule has 0 radical (unpaired) electrons. The Balaban J connectivity index is 1.85. The van der Waals surface area contributed by atoms with Gasteiger partial charge < -0.3 is 14.7 Å². The molecule has 0 saturated heterocycles. The molecule has 0 aliphatic rings. The highest BCUT2D eigenvalue weighted by molar-refractivity contribution is 6.42. The van der Waals surface area contributed by atoms with Crippen LogP contribution >= 0.6 is 23.2 Å². The summed E-state index contributed by atoms with van der Waals surface area (Å²) in [5, 5.41) is 9.96. The zero-order chi connectivity index (χ0) is 24.0. The molecule has 8 nitrogen and oxygen atoms in total. The number of carboxylic acids is 1. The van der Waals surface area contributed by atoms with E-state index in [0.29, 0.717) is 21.2 Å². The number of halogens is 2. The predicted molar refractivity (Wildman–Crippen MR) is 122 cm³/mol. The summed E-state index contributed by atoms with van der Waals surface area (Å²) in [4.78, 5) is 46.4. The van der Waals surface area contributed by atoms with Gasteiger partial charge in [-0.15, -0.1) is 0 Å². The van der Waals surface area contributed by atoms with E-state index >= 15 is 0 Å². The molecular formula is C23H19Cl2N3O5. The zero-order valence-corrected chi connectivity index (χ0v) is 19.0. The maximum absolute atomic E-state index is 13.1. The van der Waals surface area contributed by atoms with Gasteiger partial charge in [-0.05, 0) is 35.4 Å². The Hall–Kier alpha value is -3.49. The van der Waals surface area contributed by atoms with Crippen molar-refractivity contribution in [1.29, 1.82) is 0 Å². The SMILES string of the molecule is COc1ccnc(C(=O)CC(=O)N(Cc2cccc(C(=O)O)c2)Cc2ccc(Cl)c(Cl)c2)n1. The second kappa shape index (κ2) is 10.9. The van der Waals surface area contributed by atoms with Gasteiger partial charge in [0.1, 0.15) is 0 Å². The van der Waals surface area contributed by atoms with Crippen LogP contribution in [0.4, 0.5) is 0 Å². The van der Waals surface area contributed by atoms with Gasteiger partial charge in [-0.25, -0.2) is 9.78 Å². The van der Waals surface area contributed by atoms with Gasteiger partial charge in [0.15, 0.2) is 5.82 Å². The standard InChI is InChI=1S/C23H19Cl2N3O5/c1-33-20-7-8-26-22(27-20)19(29)11-21(30)28(13-15-5-6-17(24)18(25)10-15)12-14-3-2-4-16(9-14)23(31)32/h2-10H,11-13H2,1H3,(H,31,32). The quantitative estimate of drug-likeness (QED) is 0.354. The third-order valence-corrected chi connectivity index (χ3v) is 5.40. The number of hydrogen-bond acceptors (Lipinski definition) is 6. The number of aromatic nitrogens is 2. The average Bonchev–Trinajstić information content (AvgIpc) is 2.81. The summed E-state index contributed by atoms with van der Waals surface area (Å²) in [5.74, 6) is -2.07. The van der Waals surface area contributed by atoms with Gasteiger partial charge in [-0.3, -0.25) is 9.59 Å². The Labute approximate surface area is 199 Å². The van der Waals surface area contributed by atoms with Crippen LogP contribution in [0.5, 0.6) is 5.88 Å². The first-order valence-corrected chi connectivity index (χ1v) is 10.5. The molecule has 1 amide bonds. The van der Waals surface area contributed by atoms with E-state index in [4.69, 9.17) is 27.9 Å². The van der Waals surface area contributed by atoms with Crippen molar-refractivity contribution in [2.24, 2.45) is 0 Å². The first-order valence-electron chi connectivity index (χ1n) is 9.71. The Morgan fingerprint density at radius 3 is 2.39 bits per heavy atom. The van der Waals surface area contributed by atoms with Crippen LogP contribution < -0.4 is 4.74 Å². The molecule has 0 aliphatic heterocycles. The molecular weight excluding hydrogens is 469 g/mol. The van der Waals surface area contributed by atoms with Crippen LogP contribution in [-0.2, 0) is 17.9 Å². The fourth-order valence-corrected chi connectivity index (χ4v) is 3.35. The van der Waals surface area contributed by atoms with E-state index in [-0.39, 0.29) is 30.4 Å². The van der Waals surface area contributed by atoms with Crippen molar-refractivity contribution in [3.8, 4) is 5.88 Å². The average molecular weight is 488 g/mol. The number of ether oxygens (including phenoxy) is 1. The van der Waals surface area contributed by atoms with Gasteiger partial charge in [0, 0.05) is 25.4 Å². The second-order valence-corrected chi connectivity index (χ2v) is 7.84. The molecule has 0 fully saturated rings. The molecule has 1 aromatic heterocycles. The molecule has 0 spiro atoms. The summed E-state index contributed by atoms with van der Waals surface area (Å²) in [7, 11) is 1.41. The molecule has 0 unspecified atom stereocenters. The topological polar surface area (TPSA) is 110 Å². The summed E-state index contributed by atoms with van der Waals surface area (Å²) >= 11 is 12.1. The molecule has 0 saturated carbocycles. The Kier molecular flexibility index (Phi) is 7.97. The minimum Gasteiger partial charge on any atom is -0.481 e. The van der Waals surface area contributed by atoms with Gasteiger partial charge in [0.25, 0.3) is 0 Å². The fourth-order valence-electron chi connectivity index (χ4n) is 3.03. The van der Waals surface area contributed by atoms with E-state index < -0.39 is 24.1 Å². The molecule has 10 heteroatoms. The van der Waals surface area contributed by atoms with Crippen LogP contribution in [0.2, 0.25) is 10.0 Å². The first kappa shape index (κ1) is 24.2. The number of methoxy groups -OCH3 is 1. The Morgan fingerprint density at radius 2 is 1.73 bits per heavy atom. The molecule has 0 bridgehead atoms. The largest absolute Gasteiger partial charge is 0.481 e. The normalized spacial score (nSPS) is 10.5. The van der Waals surface area contributed by atoms with Crippen LogP contribution in [0.3, 0.4) is 0 Å². The lowest BCUT2D eigenvalue weighted by Crippen LogP contribution is -2.32. The lowest BCUT2D eigenvalue weighted by molar-refractivity contribution is -0.131. The maximum Gasteiger partial charge on any atom is 0.335 e. The maximum atomic E-state index is 13.1. The predicted octanol–water partition coefficient (Wildman–Crippen LogP) is 4.29. The Bertz CT molecular complexity index is 1200. The molecule has 3 rings (SSSR count). The molecule has 170 valence electrons. The number of carbonyl (C=O) groups is 3. The number of carboxylic acid groups (broad SMARTS) is 1. The summed E-state index contributed by atoms with van der Waals surface area (Å²) in [6.07, 6.45) is 0.890. The van der Waals surface area contributed by atoms with Gasteiger partial charge >= 0.3 is 5.97 Å². The second-order valence-electron chi connectivity index (χ2n) is 7.03. The highest BCUT2D eigenvalue weighted by atomic mass is 35.5. The number of amides is 1. The summed E-state index contributed by atoms with van der Waals surface area (Å²) < 4.78 is 5.00. The third kappa shape index (κ3) is 6.50. The number of Topliss-reactive ketones (excluding diaryl/α,β-unsaturated/α-hetero) is 1. The number of carbonyl (C=O) groups excluding carboxylic acids is 2. The number of aromatic carboxylic acids is 1.